The van der Waals surface area contributed by atoms with Crippen molar-refractivity contribution in [2.75, 3.05) is 38.3 Å². The van der Waals surface area contributed by atoms with Crippen LogP contribution in [0.25, 0.3) is 5.65 Å². The highest BCUT2D eigenvalue weighted by atomic mass is 16.5. The Morgan fingerprint density at radius 1 is 1.38 bits per heavy atom. The first-order chi connectivity index (χ1) is 10.4. The number of aromatic nitrogens is 5. The Bertz CT molecular complexity index is 572. The van der Waals surface area contributed by atoms with Crippen LogP contribution in [-0.2, 0) is 4.74 Å². The Labute approximate surface area is 123 Å². The summed E-state index contributed by atoms with van der Waals surface area (Å²) < 4.78 is 6.55. The number of nitrogens with one attached hydrogen (secondary N) is 1. The average Bonchev–Trinajstić information content (AvgIpc) is 2.99. The molecule has 0 bridgehead atoms. The topological polar surface area (TPSA) is 80.5 Å². The Kier molecular flexibility index (Phi) is 4.56. The molecule has 1 unspecified atom stereocenters. The fourth-order valence-electron chi connectivity index (χ4n) is 2.75. The Hall–Kier alpha value is -1.80. The van der Waals surface area contributed by atoms with Crippen molar-refractivity contribution in [3.05, 3.63) is 12.1 Å². The van der Waals surface area contributed by atoms with E-state index in [9.17, 15) is 0 Å². The molecular weight excluding hydrogens is 270 g/mol. The first-order valence-corrected chi connectivity index (χ1v) is 7.40. The third kappa shape index (κ3) is 3.27. The second-order valence-corrected chi connectivity index (χ2v) is 5.26. The van der Waals surface area contributed by atoms with Gasteiger partial charge in [-0.15, -0.1) is 14.8 Å². The zero-order valence-electron chi connectivity index (χ0n) is 12.3. The maximum absolute atomic E-state index is 5.07. The van der Waals surface area contributed by atoms with Gasteiger partial charge in [0.1, 0.15) is 0 Å². The van der Waals surface area contributed by atoms with Crippen LogP contribution in [0.2, 0.25) is 0 Å². The number of methoxy groups -OCH3 is 1. The van der Waals surface area contributed by atoms with Crippen LogP contribution in [0.15, 0.2) is 12.1 Å². The molecule has 1 saturated heterocycles. The summed E-state index contributed by atoms with van der Waals surface area (Å²) >= 11 is 0. The van der Waals surface area contributed by atoms with Crippen LogP contribution in [0.5, 0.6) is 0 Å². The highest BCUT2D eigenvalue weighted by Gasteiger charge is 2.23. The Morgan fingerprint density at radius 2 is 2.33 bits per heavy atom. The van der Waals surface area contributed by atoms with Gasteiger partial charge >= 0.3 is 0 Å². The van der Waals surface area contributed by atoms with E-state index in [1.54, 1.807) is 7.11 Å². The lowest BCUT2D eigenvalue weighted by molar-refractivity contribution is 0.198. The van der Waals surface area contributed by atoms with Gasteiger partial charge in [-0.2, -0.15) is 0 Å². The summed E-state index contributed by atoms with van der Waals surface area (Å²) in [6.45, 7) is 3.58. The van der Waals surface area contributed by atoms with Gasteiger partial charge in [0, 0.05) is 32.8 Å². The van der Waals surface area contributed by atoms with E-state index in [1.165, 1.54) is 23.9 Å². The SMILES string of the molecule is COCCNCC1CCCCN1c1ccc2nnnn2n1. The maximum atomic E-state index is 5.07. The van der Waals surface area contributed by atoms with Crippen LogP contribution in [0, 0.1) is 0 Å². The van der Waals surface area contributed by atoms with Crippen LogP contribution >= 0.6 is 0 Å². The molecule has 2 aromatic heterocycles. The summed E-state index contributed by atoms with van der Waals surface area (Å²) in [5.74, 6) is 0.938. The summed E-state index contributed by atoms with van der Waals surface area (Å²) in [4.78, 5) is 2.35. The minimum absolute atomic E-state index is 0.456. The third-order valence-electron chi connectivity index (χ3n) is 3.84. The van der Waals surface area contributed by atoms with Crippen LogP contribution in [-0.4, -0.2) is 64.6 Å². The summed E-state index contributed by atoms with van der Waals surface area (Å²) in [5.41, 5.74) is 0.672. The molecule has 3 rings (SSSR count). The zero-order valence-corrected chi connectivity index (χ0v) is 12.3. The summed E-state index contributed by atoms with van der Waals surface area (Å²) in [6, 6.07) is 4.36. The van der Waals surface area contributed by atoms with Gasteiger partial charge in [-0.25, -0.2) is 0 Å². The fourth-order valence-corrected chi connectivity index (χ4v) is 2.75. The molecule has 0 radical (unpaired) electrons. The van der Waals surface area contributed by atoms with Gasteiger partial charge in [0.15, 0.2) is 11.5 Å². The third-order valence-corrected chi connectivity index (χ3v) is 3.84. The van der Waals surface area contributed by atoms with Crippen molar-refractivity contribution in [1.82, 2.24) is 30.6 Å². The minimum Gasteiger partial charge on any atom is -0.383 e. The summed E-state index contributed by atoms with van der Waals surface area (Å²) in [5, 5.41) is 19.3. The number of hydrogen-bond acceptors (Lipinski definition) is 7. The van der Waals surface area contributed by atoms with Crippen LogP contribution in [0.1, 0.15) is 19.3 Å². The van der Waals surface area contributed by atoms with E-state index in [4.69, 9.17) is 4.74 Å². The lowest BCUT2D eigenvalue weighted by Crippen LogP contribution is -2.46. The van der Waals surface area contributed by atoms with Crippen LogP contribution < -0.4 is 10.2 Å². The van der Waals surface area contributed by atoms with E-state index in [-0.39, 0.29) is 0 Å². The normalized spacial score (nSPS) is 19.3. The fraction of sp³-hybridized carbons (Fsp3) is 0.692. The number of hydrogen-bond donors (Lipinski definition) is 1. The average molecular weight is 291 g/mol. The van der Waals surface area contributed by atoms with Crippen molar-refractivity contribution in [1.29, 1.82) is 0 Å². The molecular formula is C13H21N7O. The zero-order chi connectivity index (χ0) is 14.5. The number of rotatable bonds is 6. The first-order valence-electron chi connectivity index (χ1n) is 7.40. The standard InChI is InChI=1S/C13H21N7O/c1-21-9-7-14-10-11-4-2-3-8-19(11)13-6-5-12-15-17-18-20(12)16-13/h5-6,11,14H,2-4,7-10H2,1H3. The van der Waals surface area contributed by atoms with Gasteiger partial charge in [-0.3, -0.25) is 0 Å². The van der Waals surface area contributed by atoms with E-state index in [0.717, 1.165) is 32.1 Å². The number of anilines is 1. The largest absolute Gasteiger partial charge is 0.383 e. The molecule has 2 aromatic rings. The molecule has 8 nitrogen and oxygen atoms in total. The summed E-state index contributed by atoms with van der Waals surface area (Å²) in [6.07, 6.45) is 3.64. The molecule has 0 spiro atoms. The Balaban J connectivity index is 1.70. The van der Waals surface area contributed by atoms with Crippen molar-refractivity contribution in [3.8, 4) is 0 Å². The smallest absolute Gasteiger partial charge is 0.200 e. The van der Waals surface area contributed by atoms with E-state index < -0.39 is 0 Å². The highest BCUT2D eigenvalue weighted by molar-refractivity contribution is 5.45. The number of nitrogens with zero attached hydrogens (tertiary/aromatic N) is 6. The molecule has 114 valence electrons. The van der Waals surface area contributed by atoms with Crippen molar-refractivity contribution >= 4 is 11.5 Å². The second kappa shape index (κ2) is 6.77. The monoisotopic (exact) mass is 291 g/mol. The lowest BCUT2D eigenvalue weighted by atomic mass is 10.0. The highest BCUT2D eigenvalue weighted by Crippen LogP contribution is 2.22. The van der Waals surface area contributed by atoms with Gasteiger partial charge in [0.2, 0.25) is 0 Å². The van der Waals surface area contributed by atoms with Gasteiger partial charge in [0.05, 0.1) is 6.61 Å². The van der Waals surface area contributed by atoms with Gasteiger partial charge < -0.3 is 15.0 Å². The number of piperidine rings is 1. The van der Waals surface area contributed by atoms with Crippen molar-refractivity contribution in [2.24, 2.45) is 0 Å². The predicted octanol–water partition coefficient (Wildman–Crippen LogP) is 0.114. The molecule has 0 aromatic carbocycles. The first kappa shape index (κ1) is 14.2. The molecule has 1 fully saturated rings. The molecule has 0 saturated carbocycles. The summed E-state index contributed by atoms with van der Waals surface area (Å²) in [7, 11) is 1.72. The van der Waals surface area contributed by atoms with Crippen molar-refractivity contribution < 1.29 is 4.74 Å². The lowest BCUT2D eigenvalue weighted by Gasteiger charge is -2.36. The molecule has 1 aliphatic rings. The predicted molar refractivity (Wildman–Crippen MR) is 78.3 cm³/mol. The maximum Gasteiger partial charge on any atom is 0.200 e. The molecule has 0 aliphatic carbocycles. The molecule has 1 aliphatic heterocycles. The van der Waals surface area contributed by atoms with Gasteiger partial charge in [-0.1, -0.05) is 0 Å². The van der Waals surface area contributed by atoms with Crippen molar-refractivity contribution in [2.45, 2.75) is 25.3 Å². The van der Waals surface area contributed by atoms with E-state index in [0.29, 0.717) is 11.7 Å². The van der Waals surface area contributed by atoms with E-state index >= 15 is 0 Å². The van der Waals surface area contributed by atoms with Crippen LogP contribution in [0.4, 0.5) is 5.82 Å². The number of tetrazole rings is 1. The number of ether oxygens (including phenoxy) is 1. The quantitative estimate of drug-likeness (QED) is 0.757. The molecule has 0 amide bonds. The minimum atomic E-state index is 0.456. The van der Waals surface area contributed by atoms with E-state index in [2.05, 4.69) is 30.8 Å². The van der Waals surface area contributed by atoms with Gasteiger partial charge in [0.25, 0.3) is 0 Å². The number of fused-ring (bicyclic) bond motifs is 1. The second-order valence-electron chi connectivity index (χ2n) is 5.26. The molecule has 1 N–H and O–H groups in total. The Morgan fingerprint density at radius 3 is 3.24 bits per heavy atom. The van der Waals surface area contributed by atoms with Gasteiger partial charge in [-0.05, 0) is 41.8 Å². The van der Waals surface area contributed by atoms with E-state index in [1.807, 2.05) is 12.1 Å². The molecule has 21 heavy (non-hydrogen) atoms. The molecule has 1 atom stereocenters. The molecule has 3 heterocycles. The van der Waals surface area contributed by atoms with Crippen LogP contribution in [0.3, 0.4) is 0 Å². The van der Waals surface area contributed by atoms with Crippen molar-refractivity contribution in [3.63, 3.8) is 0 Å². The molecule has 8 heteroatoms.